The first-order valence-electron chi connectivity index (χ1n) is 6.44. The molecule has 0 aliphatic heterocycles. The standard InChI is InChI=1S/C13H14BrN3O2S/c1-2-20(18,19)12-5-10(9-3-4-9)6-15-13(12)17-8-11(14)7-16-17/h5-9H,2-4H2,1H3. The van der Waals surface area contributed by atoms with Crippen LogP contribution in [0.25, 0.3) is 5.82 Å². The van der Waals surface area contributed by atoms with Gasteiger partial charge in [-0.15, -0.1) is 0 Å². The Morgan fingerprint density at radius 2 is 2.15 bits per heavy atom. The quantitative estimate of drug-likeness (QED) is 0.845. The summed E-state index contributed by atoms with van der Waals surface area (Å²) < 4.78 is 26.9. The molecule has 0 radical (unpaired) electrons. The Morgan fingerprint density at radius 1 is 1.40 bits per heavy atom. The zero-order chi connectivity index (χ0) is 14.3. The summed E-state index contributed by atoms with van der Waals surface area (Å²) in [6.45, 7) is 1.64. The van der Waals surface area contributed by atoms with Gasteiger partial charge in [0.05, 0.1) is 16.4 Å². The molecule has 0 aromatic carbocycles. The van der Waals surface area contributed by atoms with Gasteiger partial charge < -0.3 is 0 Å². The van der Waals surface area contributed by atoms with Crippen molar-refractivity contribution in [2.24, 2.45) is 0 Å². The second kappa shape index (κ2) is 4.96. The summed E-state index contributed by atoms with van der Waals surface area (Å²) in [6.07, 6.45) is 7.30. The molecule has 0 saturated heterocycles. The Labute approximate surface area is 126 Å². The van der Waals surface area contributed by atoms with Crippen LogP contribution >= 0.6 is 15.9 Å². The molecule has 20 heavy (non-hydrogen) atoms. The highest BCUT2D eigenvalue weighted by atomic mass is 79.9. The lowest BCUT2D eigenvalue weighted by Gasteiger charge is -2.10. The van der Waals surface area contributed by atoms with Gasteiger partial charge in [-0.25, -0.2) is 18.1 Å². The number of aromatic nitrogens is 3. The molecule has 2 aromatic rings. The average molecular weight is 356 g/mol. The van der Waals surface area contributed by atoms with E-state index < -0.39 is 9.84 Å². The van der Waals surface area contributed by atoms with Gasteiger partial charge in [-0.2, -0.15) is 5.10 Å². The minimum absolute atomic E-state index is 0.0538. The molecule has 1 fully saturated rings. The number of hydrogen-bond acceptors (Lipinski definition) is 4. The van der Waals surface area contributed by atoms with Gasteiger partial charge in [-0.1, -0.05) is 6.92 Å². The van der Waals surface area contributed by atoms with E-state index in [4.69, 9.17) is 0 Å². The van der Waals surface area contributed by atoms with E-state index in [9.17, 15) is 8.42 Å². The Morgan fingerprint density at radius 3 is 2.70 bits per heavy atom. The Bertz CT molecular complexity index is 751. The lowest BCUT2D eigenvalue weighted by Crippen LogP contribution is -2.11. The summed E-state index contributed by atoms with van der Waals surface area (Å²) in [7, 11) is -3.33. The summed E-state index contributed by atoms with van der Waals surface area (Å²) in [5.41, 5.74) is 1.01. The molecule has 1 saturated carbocycles. The van der Waals surface area contributed by atoms with Crippen LogP contribution in [-0.4, -0.2) is 28.9 Å². The minimum atomic E-state index is -3.33. The van der Waals surface area contributed by atoms with Gasteiger partial charge in [0.15, 0.2) is 15.7 Å². The van der Waals surface area contributed by atoms with E-state index >= 15 is 0 Å². The third kappa shape index (κ3) is 2.52. The molecule has 2 aromatic heterocycles. The molecule has 0 spiro atoms. The van der Waals surface area contributed by atoms with Crippen LogP contribution in [0, 0.1) is 0 Å². The molecule has 106 valence electrons. The molecule has 5 nitrogen and oxygen atoms in total. The maximum atomic E-state index is 12.3. The monoisotopic (exact) mass is 355 g/mol. The molecular weight excluding hydrogens is 342 g/mol. The summed E-state index contributed by atoms with van der Waals surface area (Å²) in [6, 6.07) is 1.76. The molecule has 7 heteroatoms. The molecule has 3 rings (SSSR count). The van der Waals surface area contributed by atoms with Crippen molar-refractivity contribution >= 4 is 25.8 Å². The van der Waals surface area contributed by atoms with E-state index in [0.29, 0.717) is 11.7 Å². The Balaban J connectivity index is 2.18. The molecular formula is C13H14BrN3O2S. The fraction of sp³-hybridized carbons (Fsp3) is 0.385. The maximum Gasteiger partial charge on any atom is 0.181 e. The molecule has 1 aliphatic carbocycles. The second-order valence-electron chi connectivity index (χ2n) is 4.87. The number of halogens is 1. The van der Waals surface area contributed by atoms with Gasteiger partial charge in [0.25, 0.3) is 0 Å². The van der Waals surface area contributed by atoms with Gasteiger partial charge in [-0.05, 0) is 46.3 Å². The zero-order valence-electron chi connectivity index (χ0n) is 11.0. The number of sulfone groups is 1. The smallest absolute Gasteiger partial charge is 0.181 e. The zero-order valence-corrected chi connectivity index (χ0v) is 13.4. The highest BCUT2D eigenvalue weighted by Gasteiger charge is 2.27. The van der Waals surface area contributed by atoms with E-state index in [-0.39, 0.29) is 10.6 Å². The summed E-state index contributed by atoms with van der Waals surface area (Å²) in [5, 5.41) is 4.13. The predicted octanol–water partition coefficient (Wildman–Crippen LogP) is 2.70. The topological polar surface area (TPSA) is 64.8 Å². The summed E-state index contributed by atoms with van der Waals surface area (Å²) in [5.74, 6) is 0.881. The van der Waals surface area contributed by atoms with Crippen molar-refractivity contribution in [3.05, 3.63) is 34.7 Å². The first kappa shape index (κ1) is 13.8. The Kier molecular flexibility index (Phi) is 3.41. The van der Waals surface area contributed by atoms with E-state index in [1.165, 1.54) is 4.68 Å². The van der Waals surface area contributed by atoms with E-state index in [1.54, 1.807) is 31.6 Å². The van der Waals surface area contributed by atoms with Crippen LogP contribution in [-0.2, 0) is 9.84 Å². The molecule has 0 atom stereocenters. The first-order valence-corrected chi connectivity index (χ1v) is 8.89. The van der Waals surface area contributed by atoms with Crippen molar-refractivity contribution in [2.45, 2.75) is 30.6 Å². The van der Waals surface area contributed by atoms with Crippen LogP contribution in [0.15, 0.2) is 34.0 Å². The molecule has 0 bridgehead atoms. The van der Waals surface area contributed by atoms with Gasteiger partial charge in [0.2, 0.25) is 0 Å². The third-order valence-corrected chi connectivity index (χ3v) is 5.53. The van der Waals surface area contributed by atoms with Gasteiger partial charge >= 0.3 is 0 Å². The van der Waals surface area contributed by atoms with Crippen molar-refractivity contribution in [1.29, 1.82) is 0 Å². The molecule has 0 amide bonds. The summed E-state index contributed by atoms with van der Waals surface area (Å²) >= 11 is 3.31. The molecule has 2 heterocycles. The normalized spacial score (nSPS) is 15.5. The van der Waals surface area contributed by atoms with Gasteiger partial charge in [-0.3, -0.25) is 0 Å². The van der Waals surface area contributed by atoms with Crippen LogP contribution in [0.3, 0.4) is 0 Å². The van der Waals surface area contributed by atoms with Crippen LogP contribution in [0.1, 0.15) is 31.2 Å². The number of hydrogen-bond donors (Lipinski definition) is 0. The molecule has 1 aliphatic rings. The van der Waals surface area contributed by atoms with E-state index in [2.05, 4.69) is 26.0 Å². The third-order valence-electron chi connectivity index (χ3n) is 3.39. The second-order valence-corrected chi connectivity index (χ2v) is 8.03. The highest BCUT2D eigenvalue weighted by Crippen LogP contribution is 2.40. The number of pyridine rings is 1. The minimum Gasteiger partial charge on any atom is -0.236 e. The first-order chi connectivity index (χ1) is 9.51. The van der Waals surface area contributed by atoms with Crippen molar-refractivity contribution in [3.63, 3.8) is 0 Å². The highest BCUT2D eigenvalue weighted by molar-refractivity contribution is 9.10. The molecule has 0 N–H and O–H groups in total. The van der Waals surface area contributed by atoms with E-state index in [1.807, 2.05) is 0 Å². The SMILES string of the molecule is CCS(=O)(=O)c1cc(C2CC2)cnc1-n1cc(Br)cn1. The van der Waals surface area contributed by atoms with Crippen LogP contribution in [0.4, 0.5) is 0 Å². The van der Waals surface area contributed by atoms with Crippen molar-refractivity contribution in [2.75, 3.05) is 5.75 Å². The van der Waals surface area contributed by atoms with Crippen LogP contribution in [0.5, 0.6) is 0 Å². The fourth-order valence-electron chi connectivity index (χ4n) is 2.07. The van der Waals surface area contributed by atoms with Gasteiger partial charge in [0, 0.05) is 12.4 Å². The summed E-state index contributed by atoms with van der Waals surface area (Å²) in [4.78, 5) is 4.60. The lowest BCUT2D eigenvalue weighted by atomic mass is 10.2. The lowest BCUT2D eigenvalue weighted by molar-refractivity contribution is 0.595. The average Bonchev–Trinajstić information content (AvgIpc) is 3.20. The largest absolute Gasteiger partial charge is 0.236 e. The van der Waals surface area contributed by atoms with Crippen LogP contribution in [0.2, 0.25) is 0 Å². The molecule has 0 unspecified atom stereocenters. The van der Waals surface area contributed by atoms with Crippen molar-refractivity contribution in [3.8, 4) is 5.82 Å². The van der Waals surface area contributed by atoms with E-state index in [0.717, 1.165) is 22.9 Å². The fourth-order valence-corrected chi connectivity index (χ4v) is 3.40. The van der Waals surface area contributed by atoms with Crippen molar-refractivity contribution in [1.82, 2.24) is 14.8 Å². The number of nitrogens with zero attached hydrogens (tertiary/aromatic N) is 3. The number of rotatable bonds is 4. The Hall–Kier alpha value is -1.21. The predicted molar refractivity (Wildman–Crippen MR) is 78.8 cm³/mol. The van der Waals surface area contributed by atoms with Gasteiger partial charge in [0.1, 0.15) is 4.90 Å². The van der Waals surface area contributed by atoms with Crippen LogP contribution < -0.4 is 0 Å². The maximum absolute atomic E-state index is 12.3. The van der Waals surface area contributed by atoms with Crippen molar-refractivity contribution < 1.29 is 8.42 Å².